The van der Waals surface area contributed by atoms with Crippen LogP contribution in [0.25, 0.3) is 0 Å². The number of thioether (sulfide) groups is 1. The standard InChI is InChI=1S/C14H25N3S/c1-5-12-11(10-17(3)15-12)9-16(2)13-7-6-8-14(13)18-4/h10,13-14H,5-9H2,1-4H3/t13-,14+/m1/s1. The van der Waals surface area contributed by atoms with Gasteiger partial charge in [0.05, 0.1) is 5.69 Å². The molecule has 1 heterocycles. The zero-order valence-corrected chi connectivity index (χ0v) is 12.8. The van der Waals surface area contributed by atoms with Gasteiger partial charge in [0.1, 0.15) is 0 Å². The lowest BCUT2D eigenvalue weighted by atomic mass is 10.1. The molecule has 2 rings (SSSR count). The first-order chi connectivity index (χ1) is 8.65. The first kappa shape index (κ1) is 13.9. The normalized spacial score (nSPS) is 24.1. The van der Waals surface area contributed by atoms with Gasteiger partial charge in [-0.2, -0.15) is 16.9 Å². The Balaban J connectivity index is 2.03. The van der Waals surface area contributed by atoms with E-state index in [0.29, 0.717) is 0 Å². The van der Waals surface area contributed by atoms with Gasteiger partial charge in [0, 0.05) is 36.6 Å². The van der Waals surface area contributed by atoms with Crippen molar-refractivity contribution in [2.45, 2.75) is 50.4 Å². The van der Waals surface area contributed by atoms with Crippen molar-refractivity contribution in [2.24, 2.45) is 7.05 Å². The molecule has 2 atom stereocenters. The Labute approximate surface area is 115 Å². The summed E-state index contributed by atoms with van der Waals surface area (Å²) in [5, 5.41) is 5.35. The molecule has 0 aliphatic heterocycles. The molecule has 0 unspecified atom stereocenters. The molecule has 0 saturated heterocycles. The summed E-state index contributed by atoms with van der Waals surface area (Å²) in [5.41, 5.74) is 2.65. The van der Waals surface area contributed by atoms with Crippen molar-refractivity contribution in [3.63, 3.8) is 0 Å². The molecule has 1 aromatic rings. The molecule has 4 heteroatoms. The molecule has 0 spiro atoms. The Morgan fingerprint density at radius 1 is 1.50 bits per heavy atom. The van der Waals surface area contributed by atoms with E-state index >= 15 is 0 Å². The van der Waals surface area contributed by atoms with Crippen molar-refractivity contribution in [1.29, 1.82) is 0 Å². The van der Waals surface area contributed by atoms with Gasteiger partial charge in [-0.05, 0) is 32.6 Å². The van der Waals surface area contributed by atoms with E-state index in [1.807, 2.05) is 23.5 Å². The largest absolute Gasteiger partial charge is 0.298 e. The molecule has 0 amide bonds. The van der Waals surface area contributed by atoms with Crippen molar-refractivity contribution >= 4 is 11.8 Å². The minimum absolute atomic E-state index is 0.741. The molecule has 1 aromatic heterocycles. The summed E-state index contributed by atoms with van der Waals surface area (Å²) >= 11 is 2.03. The summed E-state index contributed by atoms with van der Waals surface area (Å²) in [6.07, 6.45) is 9.57. The Bertz CT molecular complexity index is 388. The minimum Gasteiger partial charge on any atom is -0.298 e. The van der Waals surface area contributed by atoms with Crippen LogP contribution < -0.4 is 0 Å². The molecule has 102 valence electrons. The second-order valence-electron chi connectivity index (χ2n) is 5.32. The fraction of sp³-hybridized carbons (Fsp3) is 0.786. The van der Waals surface area contributed by atoms with E-state index in [2.05, 4.69) is 36.4 Å². The van der Waals surface area contributed by atoms with Crippen LogP contribution in [0.3, 0.4) is 0 Å². The summed E-state index contributed by atoms with van der Waals surface area (Å²) in [5.74, 6) is 0. The quantitative estimate of drug-likeness (QED) is 0.818. The molecular formula is C14H25N3S. The average Bonchev–Trinajstić information content (AvgIpc) is 2.95. The fourth-order valence-electron chi connectivity index (χ4n) is 3.08. The van der Waals surface area contributed by atoms with E-state index in [4.69, 9.17) is 0 Å². The summed E-state index contributed by atoms with van der Waals surface area (Å²) in [4.78, 5) is 2.53. The van der Waals surface area contributed by atoms with Crippen molar-refractivity contribution < 1.29 is 0 Å². The van der Waals surface area contributed by atoms with Gasteiger partial charge in [0.2, 0.25) is 0 Å². The smallest absolute Gasteiger partial charge is 0.0666 e. The third kappa shape index (κ3) is 2.91. The predicted octanol–water partition coefficient (Wildman–Crippen LogP) is 2.70. The number of nitrogens with zero attached hydrogens (tertiary/aromatic N) is 3. The highest BCUT2D eigenvalue weighted by atomic mass is 32.2. The topological polar surface area (TPSA) is 21.1 Å². The molecular weight excluding hydrogens is 242 g/mol. The first-order valence-electron chi connectivity index (χ1n) is 6.90. The second kappa shape index (κ2) is 6.11. The number of aromatic nitrogens is 2. The molecule has 3 nitrogen and oxygen atoms in total. The predicted molar refractivity (Wildman–Crippen MR) is 79.0 cm³/mol. The van der Waals surface area contributed by atoms with Crippen LogP contribution in [0.1, 0.15) is 37.4 Å². The highest BCUT2D eigenvalue weighted by molar-refractivity contribution is 7.99. The third-order valence-electron chi connectivity index (χ3n) is 4.03. The molecule has 0 bridgehead atoms. The average molecular weight is 267 g/mol. The maximum atomic E-state index is 4.53. The van der Waals surface area contributed by atoms with E-state index in [1.54, 1.807) is 0 Å². The molecule has 0 aromatic carbocycles. The van der Waals surface area contributed by atoms with E-state index in [9.17, 15) is 0 Å². The van der Waals surface area contributed by atoms with Crippen molar-refractivity contribution in [3.05, 3.63) is 17.5 Å². The van der Waals surface area contributed by atoms with Gasteiger partial charge in [-0.3, -0.25) is 9.58 Å². The van der Waals surface area contributed by atoms with E-state index in [-0.39, 0.29) is 0 Å². The number of rotatable bonds is 5. The monoisotopic (exact) mass is 267 g/mol. The highest BCUT2D eigenvalue weighted by Gasteiger charge is 2.29. The van der Waals surface area contributed by atoms with Gasteiger partial charge < -0.3 is 0 Å². The third-order valence-corrected chi connectivity index (χ3v) is 5.19. The van der Waals surface area contributed by atoms with Crippen LogP contribution in [0.4, 0.5) is 0 Å². The van der Waals surface area contributed by atoms with Crippen LogP contribution in [0.2, 0.25) is 0 Å². The van der Waals surface area contributed by atoms with Gasteiger partial charge in [-0.25, -0.2) is 0 Å². The van der Waals surface area contributed by atoms with E-state index in [0.717, 1.165) is 24.3 Å². The Hall–Kier alpha value is -0.480. The van der Waals surface area contributed by atoms with Gasteiger partial charge in [0.25, 0.3) is 0 Å². The molecule has 1 fully saturated rings. The van der Waals surface area contributed by atoms with Crippen LogP contribution in [-0.2, 0) is 20.0 Å². The van der Waals surface area contributed by atoms with Gasteiger partial charge in [0.15, 0.2) is 0 Å². The lowest BCUT2D eigenvalue weighted by Gasteiger charge is -2.28. The zero-order valence-electron chi connectivity index (χ0n) is 12.0. The lowest BCUT2D eigenvalue weighted by molar-refractivity contribution is 0.241. The zero-order chi connectivity index (χ0) is 13.1. The minimum atomic E-state index is 0.741. The molecule has 0 N–H and O–H groups in total. The molecule has 1 saturated carbocycles. The maximum Gasteiger partial charge on any atom is 0.0666 e. The lowest BCUT2D eigenvalue weighted by Crippen LogP contribution is -2.35. The molecule has 1 aliphatic carbocycles. The highest BCUT2D eigenvalue weighted by Crippen LogP contribution is 2.32. The number of hydrogen-bond acceptors (Lipinski definition) is 3. The number of hydrogen-bond donors (Lipinski definition) is 0. The Morgan fingerprint density at radius 2 is 2.28 bits per heavy atom. The molecule has 1 aliphatic rings. The van der Waals surface area contributed by atoms with Crippen LogP contribution >= 0.6 is 11.8 Å². The summed E-state index contributed by atoms with van der Waals surface area (Å²) in [7, 11) is 4.29. The van der Waals surface area contributed by atoms with Gasteiger partial charge in [-0.1, -0.05) is 13.3 Å². The summed E-state index contributed by atoms with van der Waals surface area (Å²) in [6.45, 7) is 3.23. The van der Waals surface area contributed by atoms with Crippen LogP contribution in [0.15, 0.2) is 6.20 Å². The van der Waals surface area contributed by atoms with Crippen molar-refractivity contribution in [2.75, 3.05) is 13.3 Å². The second-order valence-corrected chi connectivity index (χ2v) is 6.39. The SMILES string of the molecule is CCc1nn(C)cc1CN(C)[C@@H]1CCC[C@@H]1SC. The molecule has 0 radical (unpaired) electrons. The number of aryl methyl sites for hydroxylation is 2. The molecule has 18 heavy (non-hydrogen) atoms. The Kier molecular flexibility index (Phi) is 4.73. The Morgan fingerprint density at radius 3 is 2.94 bits per heavy atom. The van der Waals surface area contributed by atoms with Crippen LogP contribution in [-0.4, -0.2) is 39.3 Å². The maximum absolute atomic E-state index is 4.53. The van der Waals surface area contributed by atoms with E-state index < -0.39 is 0 Å². The fourth-order valence-corrected chi connectivity index (χ4v) is 4.15. The van der Waals surface area contributed by atoms with E-state index in [1.165, 1.54) is 30.5 Å². The van der Waals surface area contributed by atoms with Crippen molar-refractivity contribution in [1.82, 2.24) is 14.7 Å². The van der Waals surface area contributed by atoms with Gasteiger partial charge >= 0.3 is 0 Å². The summed E-state index contributed by atoms with van der Waals surface area (Å²) < 4.78 is 1.95. The first-order valence-corrected chi connectivity index (χ1v) is 8.19. The summed E-state index contributed by atoms with van der Waals surface area (Å²) in [6, 6.07) is 0.741. The van der Waals surface area contributed by atoms with Crippen LogP contribution in [0, 0.1) is 0 Å². The van der Waals surface area contributed by atoms with Gasteiger partial charge in [-0.15, -0.1) is 0 Å². The van der Waals surface area contributed by atoms with Crippen LogP contribution in [0.5, 0.6) is 0 Å². The van der Waals surface area contributed by atoms with Crippen molar-refractivity contribution in [3.8, 4) is 0 Å².